The maximum atomic E-state index is 12.6. The van der Waals surface area contributed by atoms with Gasteiger partial charge in [-0.1, -0.05) is 72.8 Å². The molecule has 1 unspecified atom stereocenters. The molecule has 4 aliphatic carbocycles. The Hall–Kier alpha value is -1.88. The topological polar surface area (TPSA) is 83.8 Å². The number of carbonyl (C=O) groups is 2. The molecular weight excluding hydrogens is 476 g/mol. The molecule has 0 heterocycles. The first-order chi connectivity index (χ1) is 17.5. The van der Waals surface area contributed by atoms with Crippen LogP contribution in [-0.4, -0.2) is 34.4 Å². The Balaban J connectivity index is 1.70. The number of aliphatic hydroxyl groups excluding tert-OH is 1. The highest BCUT2D eigenvalue weighted by Gasteiger charge is 2.66. The van der Waals surface area contributed by atoms with Crippen molar-refractivity contribution in [1.29, 1.82) is 0 Å². The van der Waals surface area contributed by atoms with Crippen LogP contribution in [0.4, 0.5) is 0 Å². The maximum Gasteiger partial charge on any atom is 0.306 e. The summed E-state index contributed by atoms with van der Waals surface area (Å²) in [7, 11) is 0. The van der Waals surface area contributed by atoms with Crippen LogP contribution < -0.4 is 0 Å². The van der Waals surface area contributed by atoms with Crippen LogP contribution in [0.2, 0.25) is 0 Å². The van der Waals surface area contributed by atoms with Gasteiger partial charge >= 0.3 is 11.9 Å². The number of esters is 1. The van der Waals surface area contributed by atoms with Gasteiger partial charge in [0.15, 0.2) is 0 Å². The van der Waals surface area contributed by atoms with E-state index < -0.39 is 18.0 Å². The molecule has 0 saturated heterocycles. The van der Waals surface area contributed by atoms with Crippen LogP contribution >= 0.6 is 0 Å². The zero-order chi connectivity index (χ0) is 28.4. The molecule has 4 rings (SSSR count). The average Bonchev–Trinajstić information content (AvgIpc) is 3.01. The molecule has 0 aliphatic heterocycles. The summed E-state index contributed by atoms with van der Waals surface area (Å²) in [6.45, 7) is 21.2. The number of carbonyl (C=O) groups excluding carboxylic acids is 1. The Kier molecular flexibility index (Phi) is 7.39. The van der Waals surface area contributed by atoms with Crippen LogP contribution in [0.1, 0.15) is 100 Å². The molecule has 5 heteroatoms. The number of aliphatic carboxylic acids is 1. The third-order valence-electron chi connectivity index (χ3n) is 11.9. The molecule has 5 nitrogen and oxygen atoms in total. The highest BCUT2D eigenvalue weighted by atomic mass is 16.5. The van der Waals surface area contributed by atoms with Crippen molar-refractivity contribution in [3.63, 3.8) is 0 Å². The highest BCUT2D eigenvalue weighted by molar-refractivity contribution is 5.71. The number of hydrogen-bond acceptors (Lipinski definition) is 4. The average molecular weight is 527 g/mol. The Labute approximate surface area is 229 Å². The van der Waals surface area contributed by atoms with Crippen molar-refractivity contribution in [1.82, 2.24) is 0 Å². The lowest BCUT2D eigenvalue weighted by molar-refractivity contribution is -0.165. The van der Waals surface area contributed by atoms with E-state index in [1.807, 2.05) is 0 Å². The van der Waals surface area contributed by atoms with Crippen molar-refractivity contribution in [3.05, 3.63) is 35.5 Å². The largest absolute Gasteiger partial charge is 0.481 e. The van der Waals surface area contributed by atoms with Crippen LogP contribution in [0.5, 0.6) is 0 Å². The van der Waals surface area contributed by atoms with Crippen LogP contribution in [0.15, 0.2) is 35.5 Å². The highest BCUT2D eigenvalue weighted by Crippen LogP contribution is 2.72. The van der Waals surface area contributed by atoms with E-state index in [2.05, 4.69) is 67.2 Å². The molecule has 4 aliphatic rings. The van der Waals surface area contributed by atoms with Gasteiger partial charge in [0, 0.05) is 23.7 Å². The minimum atomic E-state index is -0.805. The summed E-state index contributed by atoms with van der Waals surface area (Å²) in [5, 5.41) is 21.9. The number of hydrogen-bond donors (Lipinski definition) is 2. The molecule has 0 spiro atoms. The first-order valence-electron chi connectivity index (χ1n) is 14.7. The lowest BCUT2D eigenvalue weighted by Crippen LogP contribution is -2.55. The number of fused-ring (bicyclic) bond motifs is 5. The summed E-state index contributed by atoms with van der Waals surface area (Å²) in [6, 6.07) is 0. The molecule has 0 bridgehead atoms. The zero-order valence-electron chi connectivity index (χ0n) is 24.9. The van der Waals surface area contributed by atoms with Crippen LogP contribution in [0.25, 0.3) is 0 Å². The standard InChI is InChI=1S/C33H50O5/c1-19(2)20(3)10-11-22(29(36)37)28-25(35)18-33(9)24-12-13-26-30(5,6)27(38-21(4)34)15-16-31(26,7)23(24)14-17-32(28,33)8/h12,14,19,22,25-28,35H,3,10-11,13,15-18H2,1-2,4-9H3,(H,36,37)/t22?,25-,26+,27+,28+,31-,32-,33+/m1/s1. The summed E-state index contributed by atoms with van der Waals surface area (Å²) in [4.78, 5) is 24.5. The number of carboxylic acids is 1. The van der Waals surface area contributed by atoms with Crippen molar-refractivity contribution in [2.45, 2.75) is 113 Å². The van der Waals surface area contributed by atoms with Gasteiger partial charge in [0.25, 0.3) is 0 Å². The number of allylic oxidation sites excluding steroid dienone is 5. The number of aliphatic hydroxyl groups is 1. The SMILES string of the molecule is C=C(CCC(C(=O)O)[C@H]1[C@H](O)C[C@@]2(C)C3=CC[C@H]4C(C)(C)[C@@H](OC(C)=O)CC[C@]4(C)C3=CC[C@]12C)C(C)C. The Bertz CT molecular complexity index is 1070. The van der Waals surface area contributed by atoms with E-state index in [-0.39, 0.29) is 39.7 Å². The van der Waals surface area contributed by atoms with Crippen molar-refractivity contribution in [2.24, 2.45) is 45.3 Å². The predicted octanol–water partition coefficient (Wildman–Crippen LogP) is 7.11. The van der Waals surface area contributed by atoms with E-state index in [9.17, 15) is 19.8 Å². The van der Waals surface area contributed by atoms with Gasteiger partial charge in [0.1, 0.15) is 6.10 Å². The second-order valence-corrected chi connectivity index (χ2v) is 14.4. The number of ether oxygens (including phenoxy) is 1. The molecule has 0 aromatic carbocycles. The third kappa shape index (κ3) is 4.22. The van der Waals surface area contributed by atoms with Gasteiger partial charge in [0.2, 0.25) is 0 Å². The minimum absolute atomic E-state index is 0.0428. The van der Waals surface area contributed by atoms with E-state index in [0.717, 1.165) is 31.3 Å². The summed E-state index contributed by atoms with van der Waals surface area (Å²) < 4.78 is 5.80. The minimum Gasteiger partial charge on any atom is -0.481 e. The quantitative estimate of drug-likeness (QED) is 0.273. The monoisotopic (exact) mass is 526 g/mol. The number of rotatable bonds is 7. The molecule has 0 aromatic heterocycles. The first kappa shape index (κ1) is 29.1. The number of carboxylic acid groups (broad SMARTS) is 1. The Morgan fingerprint density at radius 3 is 2.37 bits per heavy atom. The van der Waals surface area contributed by atoms with Crippen molar-refractivity contribution < 1.29 is 24.5 Å². The van der Waals surface area contributed by atoms with E-state index >= 15 is 0 Å². The molecule has 0 radical (unpaired) electrons. The fourth-order valence-electron chi connectivity index (χ4n) is 9.30. The molecule has 212 valence electrons. The van der Waals surface area contributed by atoms with E-state index in [1.165, 1.54) is 18.1 Å². The van der Waals surface area contributed by atoms with Crippen molar-refractivity contribution in [2.75, 3.05) is 0 Å². The second kappa shape index (κ2) is 9.64. The zero-order valence-corrected chi connectivity index (χ0v) is 24.9. The van der Waals surface area contributed by atoms with Crippen molar-refractivity contribution in [3.8, 4) is 0 Å². The predicted molar refractivity (Wildman–Crippen MR) is 150 cm³/mol. The molecule has 2 fully saturated rings. The molecule has 8 atom stereocenters. The Morgan fingerprint density at radius 2 is 1.79 bits per heavy atom. The fraction of sp³-hybridized carbons (Fsp3) is 0.758. The smallest absolute Gasteiger partial charge is 0.306 e. The van der Waals surface area contributed by atoms with Crippen LogP contribution in [-0.2, 0) is 14.3 Å². The molecular formula is C33H50O5. The molecule has 0 amide bonds. The van der Waals surface area contributed by atoms with E-state index in [1.54, 1.807) is 0 Å². The summed E-state index contributed by atoms with van der Waals surface area (Å²) >= 11 is 0. The molecule has 38 heavy (non-hydrogen) atoms. The molecule has 2 N–H and O–H groups in total. The van der Waals surface area contributed by atoms with Gasteiger partial charge in [-0.05, 0) is 78.8 Å². The molecule has 2 saturated carbocycles. The summed E-state index contributed by atoms with van der Waals surface area (Å²) in [5.41, 5.74) is 2.93. The van der Waals surface area contributed by atoms with Gasteiger partial charge in [-0.3, -0.25) is 9.59 Å². The normalized spacial score (nSPS) is 40.3. The third-order valence-corrected chi connectivity index (χ3v) is 11.9. The summed E-state index contributed by atoms with van der Waals surface area (Å²) in [6.07, 6.45) is 9.26. The second-order valence-electron chi connectivity index (χ2n) is 14.4. The Morgan fingerprint density at radius 1 is 1.13 bits per heavy atom. The fourth-order valence-corrected chi connectivity index (χ4v) is 9.30. The van der Waals surface area contributed by atoms with Crippen LogP contribution in [0.3, 0.4) is 0 Å². The molecule has 0 aromatic rings. The summed E-state index contributed by atoms with van der Waals surface area (Å²) in [5.74, 6) is -1.28. The van der Waals surface area contributed by atoms with Gasteiger partial charge in [-0.15, -0.1) is 0 Å². The van der Waals surface area contributed by atoms with E-state index in [4.69, 9.17) is 4.74 Å². The first-order valence-corrected chi connectivity index (χ1v) is 14.7. The lowest BCUT2D eigenvalue weighted by Gasteiger charge is -2.61. The van der Waals surface area contributed by atoms with E-state index in [0.29, 0.717) is 31.1 Å². The van der Waals surface area contributed by atoms with Gasteiger partial charge < -0.3 is 14.9 Å². The maximum absolute atomic E-state index is 12.6. The van der Waals surface area contributed by atoms with Crippen LogP contribution in [0, 0.1) is 45.3 Å². The lowest BCUT2D eigenvalue weighted by atomic mass is 9.44. The van der Waals surface area contributed by atoms with Gasteiger partial charge in [0.05, 0.1) is 12.0 Å². The van der Waals surface area contributed by atoms with Gasteiger partial charge in [-0.2, -0.15) is 0 Å². The van der Waals surface area contributed by atoms with Crippen molar-refractivity contribution >= 4 is 11.9 Å². The van der Waals surface area contributed by atoms with Gasteiger partial charge in [-0.25, -0.2) is 0 Å².